The third-order valence-corrected chi connectivity index (χ3v) is 2.07. The number of rotatable bonds is 2. The van der Waals surface area contributed by atoms with E-state index in [2.05, 4.69) is 4.98 Å². The molecule has 0 saturated carbocycles. The normalized spacial score (nSPS) is 11.6. The van der Waals surface area contributed by atoms with E-state index in [1.54, 1.807) is 0 Å². The Bertz CT molecular complexity index is 538. The van der Waals surface area contributed by atoms with Crippen LogP contribution in [0, 0.1) is 11.6 Å². The number of fused-ring (bicyclic) bond motifs is 1. The second-order valence-corrected chi connectivity index (χ2v) is 3.36. The van der Waals surface area contributed by atoms with Crippen LogP contribution in [0.3, 0.4) is 0 Å². The minimum Gasteiger partial charge on any atom is -0.448 e. The molecule has 0 saturated heterocycles. The summed E-state index contributed by atoms with van der Waals surface area (Å²) in [6, 6.07) is 1.48. The molecule has 0 aliphatic carbocycles. The fourth-order valence-electron chi connectivity index (χ4n) is 1.42. The first-order chi connectivity index (χ1) is 7.37. The molecule has 1 aromatic carbocycles. The summed E-state index contributed by atoms with van der Waals surface area (Å²) in [4.78, 5) is 3.57. The molecule has 0 fully saturated rings. The van der Waals surface area contributed by atoms with E-state index in [9.17, 15) is 21.7 Å². The van der Waals surface area contributed by atoms with Crippen LogP contribution in [-0.4, -0.2) is 16.5 Å². The molecular formula is C8H5BF5KN2. The molecule has 17 heavy (non-hydrogen) atoms. The maximum atomic E-state index is 12.8. The van der Waals surface area contributed by atoms with Gasteiger partial charge in [0.25, 0.3) is 0 Å². The van der Waals surface area contributed by atoms with Crippen LogP contribution in [0.4, 0.5) is 21.7 Å². The average molecular weight is 274 g/mol. The van der Waals surface area contributed by atoms with Crippen LogP contribution >= 0.6 is 0 Å². The Labute approximate surface area is 136 Å². The van der Waals surface area contributed by atoms with E-state index in [4.69, 9.17) is 0 Å². The smallest absolute Gasteiger partial charge is 0.448 e. The Hall–Kier alpha value is 0.0413. The Balaban J connectivity index is 0.00000144. The number of halogens is 5. The Morgan fingerprint density at radius 3 is 2.29 bits per heavy atom. The van der Waals surface area contributed by atoms with Crippen LogP contribution in [0.15, 0.2) is 18.5 Å². The molecule has 0 bridgehead atoms. The first kappa shape index (κ1) is 15.1. The van der Waals surface area contributed by atoms with Crippen molar-refractivity contribution in [2.24, 2.45) is 0 Å². The fraction of sp³-hybridized carbons (Fsp3) is 0.125. The zero-order valence-electron chi connectivity index (χ0n) is 8.80. The Kier molecular flexibility index (Phi) is 4.75. The van der Waals surface area contributed by atoms with Crippen LogP contribution < -0.4 is 51.4 Å². The maximum absolute atomic E-state index is 12.8. The molecule has 2 rings (SSSR count). The maximum Gasteiger partial charge on any atom is 1.00 e. The van der Waals surface area contributed by atoms with Gasteiger partial charge in [0.05, 0.1) is 17.4 Å². The van der Waals surface area contributed by atoms with Gasteiger partial charge in [-0.15, -0.1) is 0 Å². The molecule has 0 amide bonds. The summed E-state index contributed by atoms with van der Waals surface area (Å²) in [6.45, 7) is -5.05. The van der Waals surface area contributed by atoms with Gasteiger partial charge in [-0.25, -0.2) is 13.8 Å². The molecule has 2 aromatic rings. The van der Waals surface area contributed by atoms with Gasteiger partial charge < -0.3 is 17.5 Å². The van der Waals surface area contributed by atoms with E-state index in [0.29, 0.717) is 6.07 Å². The predicted octanol–water partition coefficient (Wildman–Crippen LogP) is -0.295. The second-order valence-electron chi connectivity index (χ2n) is 3.36. The summed E-state index contributed by atoms with van der Waals surface area (Å²) >= 11 is 0. The van der Waals surface area contributed by atoms with Crippen molar-refractivity contribution in [3.8, 4) is 0 Å². The van der Waals surface area contributed by atoms with Crippen LogP contribution in [0.5, 0.6) is 0 Å². The molecular weight excluding hydrogens is 269 g/mol. The van der Waals surface area contributed by atoms with Crippen LogP contribution in [-0.2, 0) is 6.44 Å². The zero-order valence-corrected chi connectivity index (χ0v) is 11.9. The summed E-state index contributed by atoms with van der Waals surface area (Å²) in [6.07, 6.45) is -0.305. The first-order valence-electron chi connectivity index (χ1n) is 4.38. The molecule has 0 radical (unpaired) electrons. The van der Waals surface area contributed by atoms with Gasteiger partial charge in [-0.3, -0.25) is 0 Å². The van der Waals surface area contributed by atoms with Crippen molar-refractivity contribution >= 4 is 18.0 Å². The predicted molar refractivity (Wildman–Crippen MR) is 48.7 cm³/mol. The Morgan fingerprint density at radius 1 is 1.12 bits per heavy atom. The molecule has 2 nitrogen and oxygen atoms in total. The molecule has 0 atom stereocenters. The monoisotopic (exact) mass is 274 g/mol. The van der Waals surface area contributed by atoms with Crippen molar-refractivity contribution in [1.29, 1.82) is 0 Å². The van der Waals surface area contributed by atoms with Gasteiger partial charge in [-0.1, -0.05) is 0 Å². The zero-order chi connectivity index (χ0) is 11.9. The summed E-state index contributed by atoms with van der Waals surface area (Å²) in [7, 11) is 0. The third kappa shape index (κ3) is 3.50. The van der Waals surface area contributed by atoms with E-state index in [1.165, 1.54) is 0 Å². The van der Waals surface area contributed by atoms with Gasteiger partial charge in [0.1, 0.15) is 0 Å². The molecule has 0 unspecified atom stereocenters. The van der Waals surface area contributed by atoms with Crippen molar-refractivity contribution < 1.29 is 73.1 Å². The van der Waals surface area contributed by atoms with E-state index in [-0.39, 0.29) is 62.4 Å². The SMILES string of the molecule is Fc1cc2ncn(C[B-](F)(F)F)c2cc1F.[K+]. The topological polar surface area (TPSA) is 17.8 Å². The average Bonchev–Trinajstić information content (AvgIpc) is 2.47. The molecule has 9 heteroatoms. The Morgan fingerprint density at radius 2 is 1.71 bits per heavy atom. The molecule has 1 aromatic heterocycles. The number of aromatic nitrogens is 2. The summed E-state index contributed by atoms with van der Waals surface area (Å²) in [5, 5.41) is 0. The van der Waals surface area contributed by atoms with Gasteiger partial charge in [-0.05, 0) is 6.44 Å². The van der Waals surface area contributed by atoms with Gasteiger partial charge in [0.15, 0.2) is 11.6 Å². The molecule has 0 aliphatic heterocycles. The van der Waals surface area contributed by atoms with Crippen LogP contribution in [0.25, 0.3) is 11.0 Å². The quantitative estimate of drug-likeness (QED) is 0.543. The van der Waals surface area contributed by atoms with Crippen molar-refractivity contribution in [2.75, 3.05) is 0 Å². The standard InChI is InChI=1S/C8H5BF5N2.K/c10-5-1-7-8(2-6(5)11)16(4-15-7)3-9(12,13)14;/h1-2,4H,3H2;/q-1;+1. The summed E-state index contributed by atoms with van der Waals surface area (Å²) in [5.74, 6) is -2.32. The molecule has 1 heterocycles. The van der Waals surface area contributed by atoms with Crippen LogP contribution in [0.2, 0.25) is 0 Å². The molecule has 0 N–H and O–H groups in total. The number of hydrogen-bond donors (Lipinski definition) is 0. The van der Waals surface area contributed by atoms with Crippen molar-refractivity contribution in [2.45, 2.75) is 6.44 Å². The minimum atomic E-state index is -5.05. The van der Waals surface area contributed by atoms with Gasteiger partial charge >= 0.3 is 58.4 Å². The van der Waals surface area contributed by atoms with Crippen molar-refractivity contribution in [3.05, 3.63) is 30.1 Å². The van der Waals surface area contributed by atoms with Gasteiger partial charge in [0, 0.05) is 12.1 Å². The minimum absolute atomic E-state index is 0. The molecule has 0 aliphatic rings. The van der Waals surface area contributed by atoms with Crippen molar-refractivity contribution in [1.82, 2.24) is 9.55 Å². The van der Waals surface area contributed by atoms with E-state index < -0.39 is 25.1 Å². The number of imidazole rings is 1. The first-order valence-corrected chi connectivity index (χ1v) is 4.38. The van der Waals surface area contributed by atoms with E-state index in [1.807, 2.05) is 0 Å². The summed E-state index contributed by atoms with van der Waals surface area (Å²) in [5.41, 5.74) is -0.0722. The molecule has 0 spiro atoms. The van der Waals surface area contributed by atoms with Gasteiger partial charge in [-0.2, -0.15) is 0 Å². The van der Waals surface area contributed by atoms with Gasteiger partial charge in [0.2, 0.25) is 0 Å². The van der Waals surface area contributed by atoms with Crippen molar-refractivity contribution in [3.63, 3.8) is 0 Å². The van der Waals surface area contributed by atoms with Crippen LogP contribution in [0.1, 0.15) is 0 Å². The third-order valence-electron chi connectivity index (χ3n) is 2.07. The number of hydrogen-bond acceptors (Lipinski definition) is 1. The second kappa shape index (κ2) is 5.35. The fourth-order valence-corrected chi connectivity index (χ4v) is 1.42. The molecule has 86 valence electrons. The number of nitrogens with zero attached hydrogens (tertiary/aromatic N) is 2. The van der Waals surface area contributed by atoms with E-state index in [0.717, 1.165) is 17.0 Å². The largest absolute Gasteiger partial charge is 1.00 e. The summed E-state index contributed by atoms with van der Waals surface area (Å²) < 4.78 is 62.9. The van der Waals surface area contributed by atoms with E-state index >= 15 is 0 Å². The number of benzene rings is 1.